The van der Waals surface area contributed by atoms with Gasteiger partial charge >= 0.3 is 0 Å². The van der Waals surface area contributed by atoms with Crippen LogP contribution in [0.3, 0.4) is 0 Å². The van der Waals surface area contributed by atoms with Crippen LogP contribution in [-0.2, 0) is 9.53 Å². The standard InChI is InChI=1S/C13H22N2O2/c1-6-13(5,7-14)15-12(16)11-8(2)9(3)17-10(11)4/h8-11H,6H2,1-5H3,(H,15,16). The second-order valence-electron chi connectivity index (χ2n) is 5.22. The molecule has 1 N–H and O–H groups in total. The Bertz CT molecular complexity index is 337. The highest BCUT2D eigenvalue weighted by atomic mass is 16.5. The van der Waals surface area contributed by atoms with Gasteiger partial charge in [-0.3, -0.25) is 4.79 Å². The van der Waals surface area contributed by atoms with Gasteiger partial charge in [-0.25, -0.2) is 0 Å². The molecule has 1 rings (SSSR count). The predicted molar refractivity (Wildman–Crippen MR) is 65.1 cm³/mol. The van der Waals surface area contributed by atoms with Crippen molar-refractivity contribution in [1.82, 2.24) is 5.32 Å². The Hall–Kier alpha value is -1.08. The van der Waals surface area contributed by atoms with Gasteiger partial charge in [0.05, 0.1) is 24.2 Å². The molecule has 0 aromatic rings. The van der Waals surface area contributed by atoms with Crippen molar-refractivity contribution in [3.05, 3.63) is 0 Å². The molecule has 1 aliphatic heterocycles. The van der Waals surface area contributed by atoms with Crippen molar-refractivity contribution in [2.24, 2.45) is 11.8 Å². The largest absolute Gasteiger partial charge is 0.374 e. The lowest BCUT2D eigenvalue weighted by Gasteiger charge is -2.26. The third-order valence-electron chi connectivity index (χ3n) is 3.90. The molecule has 1 heterocycles. The molecule has 0 aliphatic carbocycles. The third-order valence-corrected chi connectivity index (χ3v) is 3.90. The number of nitriles is 1. The number of nitrogens with zero attached hydrogens (tertiary/aromatic N) is 1. The summed E-state index contributed by atoms with van der Waals surface area (Å²) in [5.41, 5.74) is -0.775. The molecular weight excluding hydrogens is 216 g/mol. The van der Waals surface area contributed by atoms with Crippen LogP contribution < -0.4 is 5.32 Å². The lowest BCUT2D eigenvalue weighted by atomic mass is 9.87. The SMILES string of the molecule is CCC(C)(C#N)NC(=O)C1C(C)OC(C)C1C. The molecule has 5 atom stereocenters. The first kappa shape index (κ1) is 14.0. The van der Waals surface area contributed by atoms with Crippen molar-refractivity contribution >= 4 is 5.91 Å². The third kappa shape index (κ3) is 2.78. The molecule has 0 aromatic carbocycles. The summed E-state index contributed by atoms with van der Waals surface area (Å²) < 4.78 is 5.65. The van der Waals surface area contributed by atoms with Crippen molar-refractivity contribution in [3.8, 4) is 6.07 Å². The molecule has 1 saturated heterocycles. The predicted octanol–water partition coefficient (Wildman–Crippen LogP) is 1.85. The fraction of sp³-hybridized carbons (Fsp3) is 0.846. The summed E-state index contributed by atoms with van der Waals surface area (Å²) in [6, 6.07) is 2.15. The highest BCUT2D eigenvalue weighted by Crippen LogP contribution is 2.32. The van der Waals surface area contributed by atoms with E-state index in [1.54, 1.807) is 6.92 Å². The summed E-state index contributed by atoms with van der Waals surface area (Å²) in [6.45, 7) is 9.56. The zero-order valence-electron chi connectivity index (χ0n) is 11.3. The Morgan fingerprint density at radius 3 is 2.35 bits per heavy atom. The number of rotatable bonds is 3. The average Bonchev–Trinajstić information content (AvgIpc) is 2.53. The number of carbonyl (C=O) groups excluding carboxylic acids is 1. The van der Waals surface area contributed by atoms with E-state index in [0.29, 0.717) is 6.42 Å². The first-order valence-electron chi connectivity index (χ1n) is 6.23. The molecule has 0 bridgehead atoms. The fourth-order valence-electron chi connectivity index (χ4n) is 2.27. The number of ether oxygens (including phenoxy) is 1. The van der Waals surface area contributed by atoms with Crippen molar-refractivity contribution < 1.29 is 9.53 Å². The minimum absolute atomic E-state index is 0.0692. The Balaban J connectivity index is 2.75. The van der Waals surface area contributed by atoms with Crippen LogP contribution in [0.4, 0.5) is 0 Å². The van der Waals surface area contributed by atoms with Crippen molar-refractivity contribution in [2.45, 2.75) is 58.8 Å². The smallest absolute Gasteiger partial charge is 0.227 e. The summed E-state index contributed by atoms with van der Waals surface area (Å²) in [4.78, 5) is 12.2. The molecule has 1 fully saturated rings. The maximum atomic E-state index is 12.2. The number of hydrogen-bond donors (Lipinski definition) is 1. The van der Waals surface area contributed by atoms with Gasteiger partial charge in [0.2, 0.25) is 5.91 Å². The second kappa shape index (κ2) is 5.05. The van der Waals surface area contributed by atoms with Crippen LogP contribution in [0.15, 0.2) is 0 Å². The van der Waals surface area contributed by atoms with E-state index in [-0.39, 0.29) is 30.0 Å². The summed E-state index contributed by atoms with van der Waals surface area (Å²) in [5, 5.41) is 11.9. The summed E-state index contributed by atoms with van der Waals surface area (Å²) in [7, 11) is 0. The van der Waals surface area contributed by atoms with Crippen LogP contribution in [0.2, 0.25) is 0 Å². The van der Waals surface area contributed by atoms with Crippen LogP contribution in [0.1, 0.15) is 41.0 Å². The quantitative estimate of drug-likeness (QED) is 0.816. The lowest BCUT2D eigenvalue weighted by molar-refractivity contribution is -0.128. The van der Waals surface area contributed by atoms with E-state index in [9.17, 15) is 4.79 Å². The summed E-state index contributed by atoms with van der Waals surface area (Å²) in [6.07, 6.45) is 0.608. The van der Waals surface area contributed by atoms with E-state index < -0.39 is 5.54 Å². The van der Waals surface area contributed by atoms with Gasteiger partial charge in [-0.2, -0.15) is 5.26 Å². The number of carbonyl (C=O) groups is 1. The van der Waals surface area contributed by atoms with Crippen LogP contribution in [0, 0.1) is 23.2 Å². The zero-order valence-corrected chi connectivity index (χ0v) is 11.3. The van der Waals surface area contributed by atoms with E-state index in [1.807, 2.05) is 27.7 Å². The van der Waals surface area contributed by atoms with Gasteiger partial charge in [0.1, 0.15) is 5.54 Å². The average molecular weight is 238 g/mol. The first-order chi connectivity index (χ1) is 7.84. The van der Waals surface area contributed by atoms with E-state index in [2.05, 4.69) is 11.4 Å². The van der Waals surface area contributed by atoms with Gasteiger partial charge < -0.3 is 10.1 Å². The van der Waals surface area contributed by atoms with Gasteiger partial charge in [-0.1, -0.05) is 13.8 Å². The minimum Gasteiger partial charge on any atom is -0.374 e. The monoisotopic (exact) mass is 238 g/mol. The Morgan fingerprint density at radius 2 is 2.00 bits per heavy atom. The first-order valence-corrected chi connectivity index (χ1v) is 6.23. The Morgan fingerprint density at radius 1 is 1.41 bits per heavy atom. The maximum absolute atomic E-state index is 12.2. The number of amides is 1. The van der Waals surface area contributed by atoms with Gasteiger partial charge in [0.25, 0.3) is 0 Å². The van der Waals surface area contributed by atoms with Crippen LogP contribution in [0.25, 0.3) is 0 Å². The molecule has 96 valence electrons. The van der Waals surface area contributed by atoms with Gasteiger partial charge in [-0.05, 0) is 33.1 Å². The number of nitrogens with one attached hydrogen (secondary N) is 1. The molecule has 0 saturated carbocycles. The van der Waals surface area contributed by atoms with Gasteiger partial charge in [0, 0.05) is 0 Å². The topological polar surface area (TPSA) is 62.1 Å². The molecule has 0 aromatic heterocycles. The molecule has 0 spiro atoms. The lowest BCUT2D eigenvalue weighted by Crippen LogP contribution is -2.49. The zero-order chi connectivity index (χ0) is 13.2. The molecule has 4 nitrogen and oxygen atoms in total. The minimum atomic E-state index is -0.775. The molecule has 1 amide bonds. The normalized spacial score (nSPS) is 36.0. The molecule has 1 aliphatic rings. The van der Waals surface area contributed by atoms with Crippen LogP contribution in [0.5, 0.6) is 0 Å². The highest BCUT2D eigenvalue weighted by Gasteiger charge is 2.43. The van der Waals surface area contributed by atoms with Crippen molar-refractivity contribution in [2.75, 3.05) is 0 Å². The summed E-state index contributed by atoms with van der Waals surface area (Å²) >= 11 is 0. The van der Waals surface area contributed by atoms with E-state index in [1.165, 1.54) is 0 Å². The van der Waals surface area contributed by atoms with Crippen LogP contribution in [-0.4, -0.2) is 23.7 Å². The maximum Gasteiger partial charge on any atom is 0.227 e. The number of hydrogen-bond acceptors (Lipinski definition) is 3. The summed E-state index contributed by atoms with van der Waals surface area (Å²) in [5.74, 6) is -0.0470. The highest BCUT2D eigenvalue weighted by molar-refractivity contribution is 5.81. The fourth-order valence-corrected chi connectivity index (χ4v) is 2.27. The molecule has 17 heavy (non-hydrogen) atoms. The van der Waals surface area contributed by atoms with E-state index in [4.69, 9.17) is 10.00 Å². The molecule has 4 heteroatoms. The second-order valence-corrected chi connectivity index (χ2v) is 5.22. The van der Waals surface area contributed by atoms with Gasteiger partial charge in [0.15, 0.2) is 0 Å². The Labute approximate surface area is 103 Å². The van der Waals surface area contributed by atoms with Crippen molar-refractivity contribution in [3.63, 3.8) is 0 Å². The van der Waals surface area contributed by atoms with E-state index >= 15 is 0 Å². The van der Waals surface area contributed by atoms with E-state index in [0.717, 1.165) is 0 Å². The molecule has 0 radical (unpaired) electrons. The molecular formula is C13H22N2O2. The Kier molecular flexibility index (Phi) is 4.16. The van der Waals surface area contributed by atoms with Gasteiger partial charge in [-0.15, -0.1) is 0 Å². The van der Waals surface area contributed by atoms with Crippen molar-refractivity contribution in [1.29, 1.82) is 5.26 Å². The molecule has 5 unspecified atom stereocenters. The van der Waals surface area contributed by atoms with Crippen LogP contribution >= 0.6 is 0 Å².